The topological polar surface area (TPSA) is 70.7 Å². The SMILES string of the molecule is Cc1cccnc1C(NC(=O)c1nc[nH]c1C)C1CC1. The maximum atomic E-state index is 12.3. The lowest BCUT2D eigenvalue weighted by Crippen LogP contribution is -2.31. The molecule has 5 heteroatoms. The zero-order valence-corrected chi connectivity index (χ0v) is 11.7. The van der Waals surface area contributed by atoms with Crippen LogP contribution in [0.15, 0.2) is 24.7 Å². The van der Waals surface area contributed by atoms with E-state index in [-0.39, 0.29) is 11.9 Å². The van der Waals surface area contributed by atoms with Crippen molar-refractivity contribution in [2.45, 2.75) is 32.7 Å². The number of nitrogens with one attached hydrogen (secondary N) is 2. The lowest BCUT2D eigenvalue weighted by atomic mass is 10.0. The molecule has 1 fully saturated rings. The smallest absolute Gasteiger partial charge is 0.272 e. The Hall–Kier alpha value is -2.17. The molecule has 0 aliphatic heterocycles. The number of amides is 1. The average molecular weight is 270 g/mol. The lowest BCUT2D eigenvalue weighted by Gasteiger charge is -2.19. The Kier molecular flexibility index (Phi) is 3.26. The van der Waals surface area contributed by atoms with E-state index in [1.807, 2.05) is 26.0 Å². The number of aryl methyl sites for hydroxylation is 2. The first kappa shape index (κ1) is 12.8. The molecule has 0 radical (unpaired) electrons. The number of hydrogen-bond acceptors (Lipinski definition) is 3. The van der Waals surface area contributed by atoms with Crippen LogP contribution < -0.4 is 5.32 Å². The van der Waals surface area contributed by atoms with Gasteiger partial charge in [0.2, 0.25) is 0 Å². The molecular weight excluding hydrogens is 252 g/mol. The number of carbonyl (C=O) groups is 1. The van der Waals surface area contributed by atoms with Crippen molar-refractivity contribution in [3.05, 3.63) is 47.3 Å². The predicted molar refractivity (Wildman–Crippen MR) is 75.2 cm³/mol. The summed E-state index contributed by atoms with van der Waals surface area (Å²) in [6, 6.07) is 3.94. The second kappa shape index (κ2) is 5.07. The number of carbonyl (C=O) groups excluding carboxylic acids is 1. The van der Waals surface area contributed by atoms with Gasteiger partial charge in [-0.15, -0.1) is 0 Å². The molecule has 0 bridgehead atoms. The highest BCUT2D eigenvalue weighted by Gasteiger charge is 2.35. The Morgan fingerprint density at radius 2 is 2.20 bits per heavy atom. The van der Waals surface area contributed by atoms with Crippen molar-refractivity contribution < 1.29 is 4.79 Å². The van der Waals surface area contributed by atoms with Crippen LogP contribution in [0, 0.1) is 19.8 Å². The summed E-state index contributed by atoms with van der Waals surface area (Å²) in [5, 5.41) is 3.10. The van der Waals surface area contributed by atoms with Crippen molar-refractivity contribution in [1.82, 2.24) is 20.3 Å². The van der Waals surface area contributed by atoms with Gasteiger partial charge in [-0.05, 0) is 44.2 Å². The standard InChI is InChI=1S/C15H18N4O/c1-9-4-3-7-16-12(9)14(11-5-6-11)19-15(20)13-10(2)17-8-18-13/h3-4,7-8,11,14H,5-6H2,1-2H3,(H,17,18)(H,19,20). The first-order valence-electron chi connectivity index (χ1n) is 6.89. The van der Waals surface area contributed by atoms with Gasteiger partial charge >= 0.3 is 0 Å². The highest BCUT2D eigenvalue weighted by molar-refractivity contribution is 5.93. The van der Waals surface area contributed by atoms with Crippen molar-refractivity contribution in [3.63, 3.8) is 0 Å². The minimum absolute atomic E-state index is 0.0141. The Labute approximate surface area is 117 Å². The van der Waals surface area contributed by atoms with Crippen LogP contribution in [0.1, 0.15) is 46.3 Å². The third-order valence-corrected chi connectivity index (χ3v) is 3.77. The Morgan fingerprint density at radius 3 is 2.80 bits per heavy atom. The monoisotopic (exact) mass is 270 g/mol. The van der Waals surface area contributed by atoms with Crippen LogP contribution in [-0.4, -0.2) is 20.9 Å². The van der Waals surface area contributed by atoms with Gasteiger partial charge in [0.05, 0.1) is 18.1 Å². The minimum Gasteiger partial charge on any atom is -0.348 e. The Bertz CT molecular complexity index is 630. The minimum atomic E-state index is -0.134. The number of H-pyrrole nitrogens is 1. The van der Waals surface area contributed by atoms with E-state index in [9.17, 15) is 4.79 Å². The van der Waals surface area contributed by atoms with Crippen LogP contribution in [0.5, 0.6) is 0 Å². The third-order valence-electron chi connectivity index (χ3n) is 3.77. The molecule has 0 spiro atoms. The summed E-state index contributed by atoms with van der Waals surface area (Å²) in [7, 11) is 0. The molecule has 5 nitrogen and oxygen atoms in total. The molecule has 1 unspecified atom stereocenters. The molecule has 0 saturated heterocycles. The van der Waals surface area contributed by atoms with Crippen LogP contribution in [0.3, 0.4) is 0 Å². The van der Waals surface area contributed by atoms with Gasteiger partial charge in [0.25, 0.3) is 5.91 Å². The Morgan fingerprint density at radius 1 is 1.40 bits per heavy atom. The molecule has 2 aromatic heterocycles. The van der Waals surface area contributed by atoms with E-state index in [0.717, 1.165) is 29.8 Å². The van der Waals surface area contributed by atoms with E-state index in [0.29, 0.717) is 11.6 Å². The van der Waals surface area contributed by atoms with E-state index in [1.54, 1.807) is 12.5 Å². The molecule has 2 heterocycles. The fourth-order valence-corrected chi connectivity index (χ4v) is 2.46. The average Bonchev–Trinajstić information content (AvgIpc) is 3.18. The first-order valence-corrected chi connectivity index (χ1v) is 6.89. The van der Waals surface area contributed by atoms with Gasteiger partial charge in [-0.2, -0.15) is 0 Å². The van der Waals surface area contributed by atoms with Crippen molar-refractivity contribution in [1.29, 1.82) is 0 Å². The molecule has 1 saturated carbocycles. The van der Waals surface area contributed by atoms with Gasteiger partial charge in [-0.1, -0.05) is 6.07 Å². The van der Waals surface area contributed by atoms with Gasteiger partial charge in [-0.25, -0.2) is 4.98 Å². The number of hydrogen-bond donors (Lipinski definition) is 2. The quantitative estimate of drug-likeness (QED) is 0.895. The van der Waals surface area contributed by atoms with Crippen LogP contribution >= 0.6 is 0 Å². The van der Waals surface area contributed by atoms with Crippen molar-refractivity contribution in [3.8, 4) is 0 Å². The Balaban J connectivity index is 1.84. The zero-order valence-electron chi connectivity index (χ0n) is 11.7. The summed E-state index contributed by atoms with van der Waals surface area (Å²) in [6.07, 6.45) is 5.60. The predicted octanol–water partition coefficient (Wildman–Crippen LogP) is 2.30. The van der Waals surface area contributed by atoms with E-state index >= 15 is 0 Å². The molecule has 1 aliphatic rings. The molecule has 104 valence electrons. The van der Waals surface area contributed by atoms with E-state index < -0.39 is 0 Å². The normalized spacial score (nSPS) is 15.9. The van der Waals surface area contributed by atoms with Gasteiger partial charge in [0.15, 0.2) is 0 Å². The fourth-order valence-electron chi connectivity index (χ4n) is 2.46. The summed E-state index contributed by atoms with van der Waals surface area (Å²) >= 11 is 0. The molecule has 3 rings (SSSR count). The molecule has 0 aromatic carbocycles. The number of nitrogens with zero attached hydrogens (tertiary/aromatic N) is 2. The van der Waals surface area contributed by atoms with Gasteiger partial charge < -0.3 is 10.3 Å². The fraction of sp³-hybridized carbons (Fsp3) is 0.400. The molecule has 1 atom stereocenters. The van der Waals surface area contributed by atoms with Crippen LogP contribution in [0.4, 0.5) is 0 Å². The summed E-state index contributed by atoms with van der Waals surface area (Å²) < 4.78 is 0. The second-order valence-corrected chi connectivity index (χ2v) is 5.37. The zero-order chi connectivity index (χ0) is 14.1. The highest BCUT2D eigenvalue weighted by atomic mass is 16.2. The van der Waals surface area contributed by atoms with E-state index in [2.05, 4.69) is 20.3 Å². The molecule has 1 amide bonds. The highest BCUT2D eigenvalue weighted by Crippen LogP contribution is 2.41. The number of rotatable bonds is 4. The number of pyridine rings is 1. The van der Waals surface area contributed by atoms with E-state index in [1.165, 1.54) is 0 Å². The first-order chi connectivity index (χ1) is 9.66. The molecule has 2 aromatic rings. The number of imidazole rings is 1. The molecule has 1 aliphatic carbocycles. The number of aromatic amines is 1. The van der Waals surface area contributed by atoms with Gasteiger partial charge in [0, 0.05) is 11.9 Å². The third kappa shape index (κ3) is 2.43. The summed E-state index contributed by atoms with van der Waals surface area (Å²) in [5.74, 6) is 0.359. The summed E-state index contributed by atoms with van der Waals surface area (Å²) in [4.78, 5) is 23.8. The van der Waals surface area contributed by atoms with Gasteiger partial charge in [-0.3, -0.25) is 9.78 Å². The van der Waals surface area contributed by atoms with Gasteiger partial charge in [0.1, 0.15) is 5.69 Å². The molecular formula is C15H18N4O. The maximum absolute atomic E-state index is 12.3. The maximum Gasteiger partial charge on any atom is 0.272 e. The van der Waals surface area contributed by atoms with Crippen molar-refractivity contribution in [2.75, 3.05) is 0 Å². The van der Waals surface area contributed by atoms with E-state index in [4.69, 9.17) is 0 Å². The summed E-state index contributed by atoms with van der Waals surface area (Å²) in [5.41, 5.74) is 3.33. The summed E-state index contributed by atoms with van der Waals surface area (Å²) in [6.45, 7) is 3.88. The second-order valence-electron chi connectivity index (χ2n) is 5.37. The van der Waals surface area contributed by atoms with Crippen molar-refractivity contribution in [2.24, 2.45) is 5.92 Å². The largest absolute Gasteiger partial charge is 0.348 e. The molecule has 2 N–H and O–H groups in total. The van der Waals surface area contributed by atoms with Crippen molar-refractivity contribution >= 4 is 5.91 Å². The van der Waals surface area contributed by atoms with Crippen LogP contribution in [0.2, 0.25) is 0 Å². The lowest BCUT2D eigenvalue weighted by molar-refractivity contribution is 0.0925. The van der Waals surface area contributed by atoms with Crippen LogP contribution in [-0.2, 0) is 0 Å². The molecule has 20 heavy (non-hydrogen) atoms. The van der Waals surface area contributed by atoms with Crippen LogP contribution in [0.25, 0.3) is 0 Å². The number of aromatic nitrogens is 3.